The highest BCUT2D eigenvalue weighted by Gasteiger charge is 2.41. The van der Waals surface area contributed by atoms with E-state index < -0.39 is 23.8 Å². The second kappa shape index (κ2) is 4.55. The highest BCUT2D eigenvalue weighted by Crippen LogP contribution is 2.33. The van der Waals surface area contributed by atoms with Gasteiger partial charge in [-0.1, -0.05) is 6.07 Å². The molecule has 3 nitrogen and oxygen atoms in total. The Labute approximate surface area is 104 Å². The number of hydrogen-bond acceptors (Lipinski definition) is 2. The molecule has 1 aliphatic heterocycles. The molecule has 0 spiro atoms. The molecule has 2 unspecified atom stereocenters. The first-order valence-electron chi connectivity index (χ1n) is 5.85. The van der Waals surface area contributed by atoms with Gasteiger partial charge in [-0.25, -0.2) is 13.6 Å². The Hall–Kier alpha value is -1.65. The predicted octanol–water partition coefficient (Wildman–Crippen LogP) is 3.26. The molecule has 98 valence electrons. The zero-order chi connectivity index (χ0) is 13.4. The van der Waals surface area contributed by atoms with Gasteiger partial charge in [0, 0.05) is 6.04 Å². The van der Waals surface area contributed by atoms with Gasteiger partial charge in [-0.15, -0.1) is 0 Å². The third-order valence-electron chi connectivity index (χ3n) is 3.14. The van der Waals surface area contributed by atoms with Gasteiger partial charge in [0.15, 0.2) is 11.6 Å². The first-order valence-corrected chi connectivity index (χ1v) is 5.85. The van der Waals surface area contributed by atoms with Gasteiger partial charge < -0.3 is 4.74 Å². The van der Waals surface area contributed by atoms with Gasteiger partial charge in [0.05, 0.1) is 6.04 Å². The summed E-state index contributed by atoms with van der Waals surface area (Å²) in [5.41, 5.74) is 0.470. The molecule has 0 N–H and O–H groups in total. The molecule has 1 saturated heterocycles. The van der Waals surface area contributed by atoms with Crippen molar-refractivity contribution in [3.63, 3.8) is 0 Å². The minimum atomic E-state index is -0.932. The summed E-state index contributed by atoms with van der Waals surface area (Å²) >= 11 is 0. The highest BCUT2D eigenvalue weighted by atomic mass is 19.2. The molecule has 2 atom stereocenters. The van der Waals surface area contributed by atoms with Gasteiger partial charge in [0.25, 0.3) is 0 Å². The molecule has 0 bridgehead atoms. The van der Waals surface area contributed by atoms with E-state index in [4.69, 9.17) is 4.74 Å². The van der Waals surface area contributed by atoms with E-state index in [0.29, 0.717) is 5.56 Å². The number of cyclic esters (lactones) is 1. The SMILES string of the molecule is CC(C)N1C(=O)OC(c2ccc(F)c(F)c2)C1C. The van der Waals surface area contributed by atoms with E-state index in [-0.39, 0.29) is 12.1 Å². The fraction of sp³-hybridized carbons (Fsp3) is 0.462. The Morgan fingerprint density at radius 1 is 1.28 bits per heavy atom. The van der Waals surface area contributed by atoms with E-state index in [1.807, 2.05) is 20.8 Å². The molecule has 0 radical (unpaired) electrons. The molecule has 18 heavy (non-hydrogen) atoms. The van der Waals surface area contributed by atoms with Crippen molar-refractivity contribution in [3.05, 3.63) is 35.4 Å². The van der Waals surface area contributed by atoms with Gasteiger partial charge in [-0.2, -0.15) is 0 Å². The molecule has 1 amide bonds. The molecule has 0 aliphatic carbocycles. The van der Waals surface area contributed by atoms with Crippen molar-refractivity contribution >= 4 is 6.09 Å². The van der Waals surface area contributed by atoms with E-state index in [0.717, 1.165) is 12.1 Å². The summed E-state index contributed by atoms with van der Waals surface area (Å²) in [6.07, 6.45) is -0.984. The van der Waals surface area contributed by atoms with Crippen LogP contribution >= 0.6 is 0 Å². The van der Waals surface area contributed by atoms with Crippen LogP contribution in [0.4, 0.5) is 13.6 Å². The maximum Gasteiger partial charge on any atom is 0.411 e. The van der Waals surface area contributed by atoms with Gasteiger partial charge in [0.2, 0.25) is 0 Å². The van der Waals surface area contributed by atoms with Crippen molar-refractivity contribution in [2.75, 3.05) is 0 Å². The number of hydrogen-bond donors (Lipinski definition) is 0. The van der Waals surface area contributed by atoms with Crippen molar-refractivity contribution in [2.45, 2.75) is 39.0 Å². The first kappa shape index (κ1) is 12.8. The molecule has 1 fully saturated rings. The van der Waals surface area contributed by atoms with Crippen LogP contribution in [0.15, 0.2) is 18.2 Å². The monoisotopic (exact) mass is 255 g/mol. The second-order valence-electron chi connectivity index (χ2n) is 4.72. The number of ether oxygens (including phenoxy) is 1. The number of halogens is 2. The van der Waals surface area contributed by atoms with Gasteiger partial charge in [0.1, 0.15) is 6.10 Å². The average molecular weight is 255 g/mol. The molecular weight excluding hydrogens is 240 g/mol. The van der Waals surface area contributed by atoms with Crippen molar-refractivity contribution in [3.8, 4) is 0 Å². The molecule has 1 aromatic rings. The summed E-state index contributed by atoms with van der Waals surface area (Å²) in [6.45, 7) is 5.59. The summed E-state index contributed by atoms with van der Waals surface area (Å²) in [6, 6.07) is 3.36. The molecule has 1 heterocycles. The first-order chi connectivity index (χ1) is 8.41. The van der Waals surface area contributed by atoms with E-state index in [1.165, 1.54) is 6.07 Å². The fourth-order valence-electron chi connectivity index (χ4n) is 2.30. The predicted molar refractivity (Wildman–Crippen MR) is 62.0 cm³/mol. The summed E-state index contributed by atoms with van der Waals surface area (Å²) in [7, 11) is 0. The second-order valence-corrected chi connectivity index (χ2v) is 4.72. The van der Waals surface area contributed by atoms with Crippen LogP contribution in [0, 0.1) is 11.6 Å². The number of amides is 1. The lowest BCUT2D eigenvalue weighted by molar-refractivity contribution is 0.128. The minimum absolute atomic E-state index is 0.00259. The standard InChI is InChI=1S/C13H15F2NO2/c1-7(2)16-8(3)12(18-13(16)17)9-4-5-10(14)11(15)6-9/h4-8,12H,1-3H3. The van der Waals surface area contributed by atoms with Crippen LogP contribution in [-0.2, 0) is 4.74 Å². The van der Waals surface area contributed by atoms with Crippen LogP contribution < -0.4 is 0 Å². The van der Waals surface area contributed by atoms with Gasteiger partial charge >= 0.3 is 6.09 Å². The van der Waals surface area contributed by atoms with E-state index in [9.17, 15) is 13.6 Å². The van der Waals surface area contributed by atoms with Crippen molar-refractivity contribution in [2.24, 2.45) is 0 Å². The van der Waals surface area contributed by atoms with E-state index >= 15 is 0 Å². The third kappa shape index (κ3) is 2.05. The topological polar surface area (TPSA) is 29.5 Å². The third-order valence-corrected chi connectivity index (χ3v) is 3.14. The molecule has 1 aromatic carbocycles. The lowest BCUT2D eigenvalue weighted by Gasteiger charge is -2.24. The number of rotatable bonds is 2. The van der Waals surface area contributed by atoms with Crippen LogP contribution in [0.25, 0.3) is 0 Å². The van der Waals surface area contributed by atoms with Crippen LogP contribution in [0.3, 0.4) is 0 Å². The summed E-state index contributed by atoms with van der Waals surface area (Å²) < 4.78 is 31.3. The maximum atomic E-state index is 13.2. The van der Waals surface area contributed by atoms with Crippen molar-refractivity contribution < 1.29 is 18.3 Å². The largest absolute Gasteiger partial charge is 0.439 e. The average Bonchev–Trinajstić information content (AvgIpc) is 2.58. The Balaban J connectivity index is 2.30. The van der Waals surface area contributed by atoms with E-state index in [1.54, 1.807) is 4.90 Å². The Bertz CT molecular complexity index is 476. The molecule has 0 aromatic heterocycles. The highest BCUT2D eigenvalue weighted by molar-refractivity contribution is 5.71. The van der Waals surface area contributed by atoms with Crippen LogP contribution in [0.2, 0.25) is 0 Å². The molecule has 2 rings (SSSR count). The molecule has 0 saturated carbocycles. The number of carbonyl (C=O) groups is 1. The van der Waals surface area contributed by atoms with Crippen molar-refractivity contribution in [1.82, 2.24) is 4.90 Å². The lowest BCUT2D eigenvalue weighted by Crippen LogP contribution is -2.37. The normalized spacial score (nSPS) is 23.7. The zero-order valence-corrected chi connectivity index (χ0v) is 10.5. The molecule has 1 aliphatic rings. The van der Waals surface area contributed by atoms with Crippen LogP contribution in [-0.4, -0.2) is 23.1 Å². The van der Waals surface area contributed by atoms with Gasteiger partial charge in [-0.3, -0.25) is 4.90 Å². The Morgan fingerprint density at radius 3 is 2.44 bits per heavy atom. The lowest BCUT2D eigenvalue weighted by atomic mass is 10.0. The molecular formula is C13H15F2NO2. The van der Waals surface area contributed by atoms with Crippen LogP contribution in [0.1, 0.15) is 32.4 Å². The quantitative estimate of drug-likeness (QED) is 0.811. The summed E-state index contributed by atoms with van der Waals surface area (Å²) in [4.78, 5) is 13.3. The molecule has 5 heteroatoms. The van der Waals surface area contributed by atoms with E-state index in [2.05, 4.69) is 0 Å². The number of nitrogens with zero attached hydrogens (tertiary/aromatic N) is 1. The Kier molecular flexibility index (Phi) is 3.24. The minimum Gasteiger partial charge on any atom is -0.439 e. The van der Waals surface area contributed by atoms with Crippen LogP contribution in [0.5, 0.6) is 0 Å². The Morgan fingerprint density at radius 2 is 1.94 bits per heavy atom. The van der Waals surface area contributed by atoms with Crippen molar-refractivity contribution in [1.29, 1.82) is 0 Å². The smallest absolute Gasteiger partial charge is 0.411 e. The fourth-order valence-corrected chi connectivity index (χ4v) is 2.30. The summed E-state index contributed by atoms with van der Waals surface area (Å²) in [5, 5.41) is 0. The number of benzene rings is 1. The van der Waals surface area contributed by atoms with Gasteiger partial charge in [-0.05, 0) is 38.5 Å². The summed E-state index contributed by atoms with van der Waals surface area (Å²) in [5.74, 6) is -1.84. The maximum absolute atomic E-state index is 13.2. The number of carbonyl (C=O) groups excluding carboxylic acids is 1. The zero-order valence-electron chi connectivity index (χ0n) is 10.5.